The molecule has 0 fully saturated rings. The summed E-state index contributed by atoms with van der Waals surface area (Å²) in [5.41, 5.74) is -0.00757. The van der Waals surface area contributed by atoms with Crippen molar-refractivity contribution in [3.63, 3.8) is 0 Å². The van der Waals surface area contributed by atoms with E-state index in [1.807, 2.05) is 0 Å². The standard InChI is InChI=1S/C17H9Cl2F3O/c18-12-5-1-10(2-6-12)15-9-14(17(20,21)22)16(23-15)11-3-7-13(19)8-4-11/h1-9H. The summed E-state index contributed by atoms with van der Waals surface area (Å²) in [6, 6.07) is 13.4. The second kappa shape index (κ2) is 5.95. The molecule has 0 unspecified atom stereocenters. The Morgan fingerprint density at radius 1 is 0.739 bits per heavy atom. The zero-order valence-electron chi connectivity index (χ0n) is 11.5. The van der Waals surface area contributed by atoms with Crippen molar-refractivity contribution in [1.29, 1.82) is 0 Å². The molecule has 0 aliphatic carbocycles. The molecule has 0 aliphatic heterocycles. The SMILES string of the molecule is FC(F)(F)c1cc(-c2ccc(Cl)cc2)oc1-c1ccc(Cl)cc1. The molecule has 0 amide bonds. The third-order valence-corrected chi connectivity index (χ3v) is 3.78. The van der Waals surface area contributed by atoms with E-state index in [9.17, 15) is 13.2 Å². The van der Waals surface area contributed by atoms with Gasteiger partial charge in [0.05, 0.1) is 0 Å². The van der Waals surface area contributed by atoms with Gasteiger partial charge in [-0.2, -0.15) is 13.2 Å². The molecule has 23 heavy (non-hydrogen) atoms. The van der Waals surface area contributed by atoms with E-state index < -0.39 is 11.7 Å². The zero-order valence-corrected chi connectivity index (χ0v) is 13.0. The Labute approximate surface area is 140 Å². The van der Waals surface area contributed by atoms with Crippen molar-refractivity contribution in [3.05, 3.63) is 70.2 Å². The third kappa shape index (κ3) is 3.38. The number of rotatable bonds is 2. The Morgan fingerprint density at radius 3 is 1.70 bits per heavy atom. The van der Waals surface area contributed by atoms with Crippen LogP contribution in [0.5, 0.6) is 0 Å². The molecule has 0 aliphatic rings. The van der Waals surface area contributed by atoms with Gasteiger partial charge in [0.1, 0.15) is 17.1 Å². The summed E-state index contributed by atoms with van der Waals surface area (Å²) >= 11 is 11.6. The van der Waals surface area contributed by atoms with Crippen molar-refractivity contribution in [2.45, 2.75) is 6.18 Å². The lowest BCUT2D eigenvalue weighted by atomic mass is 10.1. The van der Waals surface area contributed by atoms with Crippen molar-refractivity contribution in [2.75, 3.05) is 0 Å². The topological polar surface area (TPSA) is 13.1 Å². The molecule has 1 aromatic heterocycles. The van der Waals surface area contributed by atoms with E-state index in [2.05, 4.69) is 0 Å². The molecule has 0 spiro atoms. The Balaban J connectivity index is 2.14. The largest absolute Gasteiger partial charge is 0.455 e. The summed E-state index contributed by atoms with van der Waals surface area (Å²) in [5, 5.41) is 0.932. The highest BCUT2D eigenvalue weighted by Gasteiger charge is 2.37. The maximum absolute atomic E-state index is 13.3. The highest BCUT2D eigenvalue weighted by molar-refractivity contribution is 6.30. The van der Waals surface area contributed by atoms with Gasteiger partial charge in [0.15, 0.2) is 0 Å². The van der Waals surface area contributed by atoms with E-state index in [-0.39, 0.29) is 11.5 Å². The second-order valence-electron chi connectivity index (χ2n) is 4.86. The minimum Gasteiger partial charge on any atom is -0.455 e. The van der Waals surface area contributed by atoms with Crippen molar-refractivity contribution >= 4 is 23.2 Å². The lowest BCUT2D eigenvalue weighted by molar-refractivity contribution is -0.137. The van der Waals surface area contributed by atoms with Gasteiger partial charge in [-0.1, -0.05) is 23.2 Å². The minimum absolute atomic E-state index is 0.124. The quantitative estimate of drug-likeness (QED) is 0.484. The van der Waals surface area contributed by atoms with Crippen LogP contribution in [0.2, 0.25) is 10.0 Å². The molecule has 0 atom stereocenters. The first-order valence-corrected chi connectivity index (χ1v) is 7.33. The molecule has 0 radical (unpaired) electrons. The van der Waals surface area contributed by atoms with Gasteiger partial charge in [0, 0.05) is 21.2 Å². The fraction of sp³-hybridized carbons (Fsp3) is 0.0588. The van der Waals surface area contributed by atoms with E-state index in [0.29, 0.717) is 21.2 Å². The zero-order chi connectivity index (χ0) is 16.6. The Bertz CT molecular complexity index is 819. The van der Waals surface area contributed by atoms with E-state index >= 15 is 0 Å². The molecule has 2 aromatic carbocycles. The van der Waals surface area contributed by atoms with Crippen molar-refractivity contribution in [3.8, 4) is 22.6 Å². The number of halogens is 5. The number of benzene rings is 2. The summed E-state index contributed by atoms with van der Waals surface area (Å²) < 4.78 is 45.4. The van der Waals surface area contributed by atoms with Crippen LogP contribution < -0.4 is 0 Å². The van der Waals surface area contributed by atoms with Gasteiger partial charge in [0.2, 0.25) is 0 Å². The minimum atomic E-state index is -4.52. The molecule has 3 aromatic rings. The summed E-state index contributed by atoms with van der Waals surface area (Å²) in [4.78, 5) is 0. The van der Waals surface area contributed by atoms with Gasteiger partial charge in [-0.25, -0.2) is 0 Å². The van der Waals surface area contributed by atoms with Gasteiger partial charge in [-0.3, -0.25) is 0 Å². The maximum Gasteiger partial charge on any atom is 0.420 e. The number of alkyl halides is 3. The summed E-state index contributed by atoms with van der Waals surface area (Å²) in [6.07, 6.45) is -4.52. The van der Waals surface area contributed by atoms with E-state index in [4.69, 9.17) is 27.6 Å². The third-order valence-electron chi connectivity index (χ3n) is 3.27. The molecule has 118 valence electrons. The van der Waals surface area contributed by atoms with Crippen LogP contribution in [-0.4, -0.2) is 0 Å². The Kier molecular flexibility index (Phi) is 4.13. The first kappa shape index (κ1) is 16.0. The summed E-state index contributed by atoms with van der Waals surface area (Å²) in [7, 11) is 0. The van der Waals surface area contributed by atoms with Crippen LogP contribution in [0, 0.1) is 0 Å². The lowest BCUT2D eigenvalue weighted by Gasteiger charge is -2.06. The molecule has 1 nitrogen and oxygen atoms in total. The average molecular weight is 357 g/mol. The van der Waals surface area contributed by atoms with Crippen LogP contribution in [0.3, 0.4) is 0 Å². The summed E-state index contributed by atoms with van der Waals surface area (Å²) in [6.45, 7) is 0. The van der Waals surface area contributed by atoms with Crippen molar-refractivity contribution in [2.24, 2.45) is 0 Å². The van der Waals surface area contributed by atoms with Gasteiger partial charge in [-0.15, -0.1) is 0 Å². The van der Waals surface area contributed by atoms with Crippen molar-refractivity contribution < 1.29 is 17.6 Å². The fourth-order valence-corrected chi connectivity index (χ4v) is 2.43. The first-order valence-electron chi connectivity index (χ1n) is 6.57. The molecular weight excluding hydrogens is 348 g/mol. The van der Waals surface area contributed by atoms with Crippen LogP contribution in [0.15, 0.2) is 59.0 Å². The smallest absolute Gasteiger partial charge is 0.420 e. The van der Waals surface area contributed by atoms with Gasteiger partial charge in [0.25, 0.3) is 0 Å². The molecular formula is C17H9Cl2F3O. The van der Waals surface area contributed by atoms with Gasteiger partial charge >= 0.3 is 6.18 Å². The fourth-order valence-electron chi connectivity index (χ4n) is 2.17. The normalized spacial score (nSPS) is 11.7. The average Bonchev–Trinajstić information content (AvgIpc) is 2.94. The highest BCUT2D eigenvalue weighted by Crippen LogP contribution is 2.42. The Morgan fingerprint density at radius 2 is 1.22 bits per heavy atom. The molecule has 0 N–H and O–H groups in total. The lowest BCUT2D eigenvalue weighted by Crippen LogP contribution is -2.04. The van der Waals surface area contributed by atoms with Crippen LogP contribution in [0.4, 0.5) is 13.2 Å². The molecule has 0 saturated carbocycles. The molecule has 6 heteroatoms. The monoisotopic (exact) mass is 356 g/mol. The number of hydrogen-bond acceptors (Lipinski definition) is 1. The van der Waals surface area contributed by atoms with Gasteiger partial charge in [-0.05, 0) is 54.6 Å². The van der Waals surface area contributed by atoms with E-state index in [1.54, 1.807) is 24.3 Å². The highest BCUT2D eigenvalue weighted by atomic mass is 35.5. The van der Waals surface area contributed by atoms with Crippen LogP contribution >= 0.6 is 23.2 Å². The molecule has 3 rings (SSSR count). The second-order valence-corrected chi connectivity index (χ2v) is 5.74. The Hall–Kier alpha value is -1.91. The summed E-state index contributed by atoms with van der Waals surface area (Å²) in [5.74, 6) is -0.113. The van der Waals surface area contributed by atoms with Crippen LogP contribution in [-0.2, 0) is 6.18 Å². The van der Waals surface area contributed by atoms with E-state index in [1.165, 1.54) is 24.3 Å². The van der Waals surface area contributed by atoms with Gasteiger partial charge < -0.3 is 4.42 Å². The van der Waals surface area contributed by atoms with Crippen LogP contribution in [0.1, 0.15) is 5.56 Å². The number of furan rings is 1. The van der Waals surface area contributed by atoms with E-state index in [0.717, 1.165) is 6.07 Å². The molecule has 1 heterocycles. The predicted molar refractivity (Wildman–Crippen MR) is 84.6 cm³/mol. The first-order chi connectivity index (χ1) is 10.8. The predicted octanol–water partition coefficient (Wildman–Crippen LogP) is 6.94. The number of hydrogen-bond donors (Lipinski definition) is 0. The van der Waals surface area contributed by atoms with Crippen LogP contribution in [0.25, 0.3) is 22.6 Å². The maximum atomic E-state index is 13.3. The molecule has 0 bridgehead atoms. The molecule has 0 saturated heterocycles. The van der Waals surface area contributed by atoms with Crippen molar-refractivity contribution in [1.82, 2.24) is 0 Å².